The van der Waals surface area contributed by atoms with Crippen LogP contribution in [0.15, 0.2) is 0 Å². The van der Waals surface area contributed by atoms with Crippen LogP contribution in [0.1, 0.15) is 0 Å². The quantitative estimate of drug-likeness (QED) is 0.416. The van der Waals surface area contributed by atoms with Gasteiger partial charge in [0.25, 0.3) is 0 Å². The van der Waals surface area contributed by atoms with Crippen molar-refractivity contribution in [2.45, 2.75) is 18.3 Å². The standard InChI is InChI=1S/C3H2F4/c4-1-2(5)3(1,6)7/h1-2H. The number of alkyl halides is 4. The van der Waals surface area contributed by atoms with E-state index in [0.29, 0.717) is 0 Å². The van der Waals surface area contributed by atoms with Gasteiger partial charge in [0, 0.05) is 0 Å². The second kappa shape index (κ2) is 0.928. The van der Waals surface area contributed by atoms with E-state index in [4.69, 9.17) is 0 Å². The predicted molar refractivity (Wildman–Crippen MR) is 14.7 cm³/mol. The molecule has 0 saturated heterocycles. The van der Waals surface area contributed by atoms with Crippen LogP contribution in [-0.2, 0) is 0 Å². The first-order chi connectivity index (χ1) is 3.07. The second-order valence-electron chi connectivity index (χ2n) is 1.48. The zero-order valence-electron chi connectivity index (χ0n) is 3.17. The smallest absolute Gasteiger partial charge is 0.237 e. The van der Waals surface area contributed by atoms with Crippen LogP contribution in [0, 0.1) is 0 Å². The van der Waals surface area contributed by atoms with Gasteiger partial charge in [0.05, 0.1) is 0 Å². The van der Waals surface area contributed by atoms with Crippen LogP contribution >= 0.6 is 0 Å². The molecule has 1 aliphatic rings. The number of halogens is 4. The largest absolute Gasteiger partial charge is 0.315 e. The van der Waals surface area contributed by atoms with Crippen LogP contribution in [0.5, 0.6) is 0 Å². The topological polar surface area (TPSA) is 0 Å². The van der Waals surface area contributed by atoms with Crippen molar-refractivity contribution in [3.63, 3.8) is 0 Å². The van der Waals surface area contributed by atoms with Crippen molar-refractivity contribution in [3.05, 3.63) is 0 Å². The highest BCUT2D eigenvalue weighted by atomic mass is 19.3. The molecule has 4 heteroatoms. The van der Waals surface area contributed by atoms with Gasteiger partial charge in [-0.2, -0.15) is 8.78 Å². The molecule has 0 spiro atoms. The van der Waals surface area contributed by atoms with Crippen LogP contribution in [0.25, 0.3) is 0 Å². The second-order valence-corrected chi connectivity index (χ2v) is 1.48. The van der Waals surface area contributed by atoms with Gasteiger partial charge >= 0.3 is 5.92 Å². The highest BCUT2D eigenvalue weighted by Gasteiger charge is 2.71. The average Bonchev–Trinajstić information content (AvgIpc) is 1.91. The highest BCUT2D eigenvalue weighted by Crippen LogP contribution is 2.47. The van der Waals surface area contributed by atoms with Gasteiger partial charge in [-0.3, -0.25) is 0 Å². The van der Waals surface area contributed by atoms with Gasteiger partial charge in [-0.1, -0.05) is 0 Å². The molecule has 0 aliphatic heterocycles. The van der Waals surface area contributed by atoms with E-state index >= 15 is 0 Å². The van der Waals surface area contributed by atoms with Gasteiger partial charge in [0.15, 0.2) is 0 Å². The minimum absolute atomic E-state index is 2.53. The first kappa shape index (κ1) is 4.87. The van der Waals surface area contributed by atoms with E-state index in [9.17, 15) is 17.6 Å². The zero-order chi connectivity index (χ0) is 5.65. The Balaban J connectivity index is 2.52. The minimum atomic E-state index is -3.67. The molecule has 0 aromatic heterocycles. The lowest BCUT2D eigenvalue weighted by atomic mass is 10.8. The van der Waals surface area contributed by atoms with Gasteiger partial charge in [-0.15, -0.1) is 0 Å². The molecule has 2 unspecified atom stereocenters. The van der Waals surface area contributed by atoms with Crippen LogP contribution in [0.2, 0.25) is 0 Å². The van der Waals surface area contributed by atoms with Crippen LogP contribution in [0.4, 0.5) is 17.6 Å². The molecule has 1 fully saturated rings. The van der Waals surface area contributed by atoms with E-state index in [2.05, 4.69) is 0 Å². The highest BCUT2D eigenvalue weighted by molar-refractivity contribution is 5.07. The molecule has 7 heavy (non-hydrogen) atoms. The molecule has 0 bridgehead atoms. The summed E-state index contributed by atoms with van der Waals surface area (Å²) in [7, 11) is 0. The van der Waals surface area contributed by atoms with Gasteiger partial charge in [-0.05, 0) is 0 Å². The lowest BCUT2D eigenvalue weighted by Gasteiger charge is -1.79. The van der Waals surface area contributed by atoms with E-state index in [-0.39, 0.29) is 0 Å². The number of hydrogen-bond donors (Lipinski definition) is 0. The molecule has 0 radical (unpaired) electrons. The van der Waals surface area contributed by atoms with Crippen molar-refractivity contribution in [2.75, 3.05) is 0 Å². The van der Waals surface area contributed by atoms with Crippen LogP contribution < -0.4 is 0 Å². The van der Waals surface area contributed by atoms with Gasteiger partial charge < -0.3 is 0 Å². The van der Waals surface area contributed by atoms with E-state index < -0.39 is 18.3 Å². The molecule has 0 nitrogen and oxygen atoms in total. The maximum absolute atomic E-state index is 11.2. The fraction of sp³-hybridized carbons (Fsp3) is 1.00. The first-order valence-electron chi connectivity index (χ1n) is 1.73. The molecule has 0 aromatic rings. The Kier molecular flexibility index (Phi) is 0.645. The average molecular weight is 114 g/mol. The summed E-state index contributed by atoms with van der Waals surface area (Å²) in [6, 6.07) is 0. The summed E-state index contributed by atoms with van der Waals surface area (Å²) < 4.78 is 44.7. The maximum Gasteiger partial charge on any atom is 0.315 e. The first-order valence-corrected chi connectivity index (χ1v) is 1.73. The Labute approximate surface area is 37.1 Å². The summed E-state index contributed by atoms with van der Waals surface area (Å²) in [4.78, 5) is 0. The van der Waals surface area contributed by atoms with E-state index in [1.54, 1.807) is 0 Å². The molecular formula is C3H2F4. The summed E-state index contributed by atoms with van der Waals surface area (Å²) >= 11 is 0. The Morgan fingerprint density at radius 1 is 1.00 bits per heavy atom. The van der Waals surface area contributed by atoms with Crippen molar-refractivity contribution >= 4 is 0 Å². The summed E-state index contributed by atoms with van der Waals surface area (Å²) in [5.74, 6) is -3.67. The molecule has 42 valence electrons. The van der Waals surface area contributed by atoms with E-state index in [1.165, 1.54) is 0 Å². The van der Waals surface area contributed by atoms with Gasteiger partial charge in [0.2, 0.25) is 12.3 Å². The Bertz CT molecular complexity index is 78.9. The van der Waals surface area contributed by atoms with Crippen molar-refractivity contribution in [1.82, 2.24) is 0 Å². The Morgan fingerprint density at radius 2 is 1.14 bits per heavy atom. The molecule has 0 N–H and O–H groups in total. The SMILES string of the molecule is FC1C(F)C1(F)F. The molecule has 1 saturated carbocycles. The normalized spacial score (nSPS) is 46.3. The molecule has 2 atom stereocenters. The Hall–Kier alpha value is -0.280. The number of rotatable bonds is 0. The Morgan fingerprint density at radius 3 is 1.14 bits per heavy atom. The van der Waals surface area contributed by atoms with Gasteiger partial charge in [0.1, 0.15) is 0 Å². The molecule has 0 heterocycles. The maximum atomic E-state index is 11.2. The molecule has 1 aliphatic carbocycles. The fourth-order valence-corrected chi connectivity index (χ4v) is 0.255. The lowest BCUT2D eigenvalue weighted by Crippen LogP contribution is -1.93. The third-order valence-electron chi connectivity index (χ3n) is 0.883. The van der Waals surface area contributed by atoms with Crippen molar-refractivity contribution in [3.8, 4) is 0 Å². The molecular weight excluding hydrogens is 112 g/mol. The third kappa shape index (κ3) is 0.421. The fourth-order valence-electron chi connectivity index (χ4n) is 0.255. The van der Waals surface area contributed by atoms with Gasteiger partial charge in [-0.25, -0.2) is 8.78 Å². The van der Waals surface area contributed by atoms with E-state index in [1.807, 2.05) is 0 Å². The van der Waals surface area contributed by atoms with Crippen molar-refractivity contribution in [2.24, 2.45) is 0 Å². The number of hydrogen-bond acceptors (Lipinski definition) is 0. The summed E-state index contributed by atoms with van der Waals surface area (Å²) in [5, 5.41) is 0. The monoisotopic (exact) mass is 114 g/mol. The molecule has 1 rings (SSSR count). The molecule has 0 aromatic carbocycles. The summed E-state index contributed by atoms with van der Waals surface area (Å²) in [5.41, 5.74) is 0. The lowest BCUT2D eigenvalue weighted by molar-refractivity contribution is 0.0688. The van der Waals surface area contributed by atoms with Crippen molar-refractivity contribution < 1.29 is 17.6 Å². The van der Waals surface area contributed by atoms with Crippen LogP contribution in [0.3, 0.4) is 0 Å². The summed E-state index contributed by atoms with van der Waals surface area (Å²) in [6.45, 7) is 0. The zero-order valence-corrected chi connectivity index (χ0v) is 3.17. The minimum Gasteiger partial charge on any atom is -0.237 e. The van der Waals surface area contributed by atoms with Crippen LogP contribution in [-0.4, -0.2) is 18.3 Å². The predicted octanol–water partition coefficient (Wildman–Crippen LogP) is 1.31. The molecule has 0 amide bonds. The third-order valence-corrected chi connectivity index (χ3v) is 0.883. The van der Waals surface area contributed by atoms with Crippen molar-refractivity contribution in [1.29, 1.82) is 0 Å². The van der Waals surface area contributed by atoms with E-state index in [0.717, 1.165) is 0 Å². The summed E-state index contributed by atoms with van der Waals surface area (Å²) in [6.07, 6.45) is -5.07.